The zero-order valence-electron chi connectivity index (χ0n) is 10.4. The van der Waals surface area contributed by atoms with E-state index < -0.39 is 5.97 Å². The number of halogens is 1. The van der Waals surface area contributed by atoms with Crippen LogP contribution in [0.5, 0.6) is 5.75 Å². The van der Waals surface area contributed by atoms with Gasteiger partial charge in [0, 0.05) is 17.4 Å². The van der Waals surface area contributed by atoms with Crippen LogP contribution in [0.4, 0.5) is 0 Å². The first kappa shape index (κ1) is 15.0. The quantitative estimate of drug-likeness (QED) is 0.801. The number of hydrogen-bond donors (Lipinski definition) is 1. The van der Waals surface area contributed by atoms with Gasteiger partial charge in [0.2, 0.25) is 0 Å². The number of benzene rings is 1. The largest absolute Gasteiger partial charge is 0.492 e. The summed E-state index contributed by atoms with van der Waals surface area (Å²) in [6, 6.07) is 7.71. The Bertz CT molecular complexity index is 384. The first-order valence-electron chi connectivity index (χ1n) is 5.86. The van der Waals surface area contributed by atoms with Crippen molar-refractivity contribution in [2.75, 3.05) is 26.7 Å². The minimum absolute atomic E-state index is 0.219. The van der Waals surface area contributed by atoms with Gasteiger partial charge in [-0.15, -0.1) is 0 Å². The maximum absolute atomic E-state index is 10.4. The van der Waals surface area contributed by atoms with Crippen molar-refractivity contribution in [1.82, 2.24) is 4.90 Å². The van der Waals surface area contributed by atoms with Crippen LogP contribution in [0.15, 0.2) is 28.7 Å². The lowest BCUT2D eigenvalue weighted by Gasteiger charge is -2.16. The molecular weight excluding hydrogens is 298 g/mol. The predicted molar refractivity (Wildman–Crippen MR) is 74.0 cm³/mol. The molecule has 0 atom stereocenters. The highest BCUT2D eigenvalue weighted by Crippen LogP contribution is 2.17. The average molecular weight is 316 g/mol. The highest BCUT2D eigenvalue weighted by atomic mass is 79.9. The van der Waals surface area contributed by atoms with Gasteiger partial charge in [0.25, 0.3) is 0 Å². The molecule has 1 rings (SSSR count). The molecule has 0 aliphatic rings. The molecule has 0 fully saturated rings. The summed E-state index contributed by atoms with van der Waals surface area (Å²) in [7, 11) is 1.96. The van der Waals surface area contributed by atoms with Crippen LogP contribution >= 0.6 is 15.9 Å². The third-order valence-electron chi connectivity index (χ3n) is 2.47. The molecule has 0 saturated carbocycles. The second-order valence-corrected chi connectivity index (χ2v) is 5.02. The van der Waals surface area contributed by atoms with E-state index in [0.717, 1.165) is 23.3 Å². The number of aliphatic carboxylic acids is 1. The van der Waals surface area contributed by atoms with Gasteiger partial charge in [-0.3, -0.25) is 4.79 Å². The molecular formula is C13H18BrNO3. The van der Waals surface area contributed by atoms with Gasteiger partial charge in [0.05, 0.1) is 0 Å². The van der Waals surface area contributed by atoms with E-state index in [1.807, 2.05) is 31.3 Å². The van der Waals surface area contributed by atoms with E-state index in [1.165, 1.54) is 0 Å². The number of carboxylic acid groups (broad SMARTS) is 1. The van der Waals surface area contributed by atoms with Crippen LogP contribution < -0.4 is 4.74 Å². The van der Waals surface area contributed by atoms with Crippen molar-refractivity contribution >= 4 is 21.9 Å². The average Bonchev–Trinajstić information content (AvgIpc) is 2.28. The molecule has 1 N–H and O–H groups in total. The Morgan fingerprint density at radius 2 is 2.22 bits per heavy atom. The molecule has 0 spiro atoms. The minimum Gasteiger partial charge on any atom is -0.492 e. The van der Waals surface area contributed by atoms with Gasteiger partial charge in [0.1, 0.15) is 12.4 Å². The molecule has 0 radical (unpaired) electrons. The first-order chi connectivity index (χ1) is 8.58. The van der Waals surface area contributed by atoms with E-state index >= 15 is 0 Å². The zero-order valence-corrected chi connectivity index (χ0v) is 12.0. The van der Waals surface area contributed by atoms with Crippen LogP contribution in [0.2, 0.25) is 0 Å². The van der Waals surface area contributed by atoms with Gasteiger partial charge < -0.3 is 14.7 Å². The molecule has 0 heterocycles. The number of rotatable bonds is 8. The molecule has 0 amide bonds. The smallest absolute Gasteiger partial charge is 0.303 e. The first-order valence-corrected chi connectivity index (χ1v) is 6.66. The lowest BCUT2D eigenvalue weighted by atomic mass is 10.3. The van der Waals surface area contributed by atoms with E-state index in [9.17, 15) is 4.79 Å². The van der Waals surface area contributed by atoms with Crippen LogP contribution in [0.1, 0.15) is 12.8 Å². The number of carboxylic acids is 1. The molecule has 0 unspecified atom stereocenters. The summed E-state index contributed by atoms with van der Waals surface area (Å²) in [5.41, 5.74) is 0. The highest BCUT2D eigenvalue weighted by molar-refractivity contribution is 9.10. The molecule has 0 bridgehead atoms. The molecule has 1 aromatic carbocycles. The topological polar surface area (TPSA) is 49.8 Å². The van der Waals surface area contributed by atoms with Crippen molar-refractivity contribution in [2.45, 2.75) is 12.8 Å². The van der Waals surface area contributed by atoms with Crippen molar-refractivity contribution < 1.29 is 14.6 Å². The number of likely N-dealkylation sites (N-methyl/N-ethyl adjacent to an activating group) is 1. The molecule has 100 valence electrons. The van der Waals surface area contributed by atoms with Crippen molar-refractivity contribution in [1.29, 1.82) is 0 Å². The van der Waals surface area contributed by atoms with E-state index in [1.54, 1.807) is 0 Å². The zero-order chi connectivity index (χ0) is 13.4. The summed E-state index contributed by atoms with van der Waals surface area (Å²) >= 11 is 3.38. The van der Waals surface area contributed by atoms with E-state index in [0.29, 0.717) is 13.0 Å². The molecule has 0 saturated heterocycles. The number of carbonyl (C=O) groups is 1. The molecule has 0 aliphatic carbocycles. The van der Waals surface area contributed by atoms with Crippen molar-refractivity contribution in [3.8, 4) is 5.75 Å². The van der Waals surface area contributed by atoms with E-state index in [4.69, 9.17) is 9.84 Å². The van der Waals surface area contributed by atoms with Gasteiger partial charge in [-0.2, -0.15) is 0 Å². The Morgan fingerprint density at radius 1 is 1.44 bits per heavy atom. The second-order valence-electron chi connectivity index (χ2n) is 4.11. The van der Waals surface area contributed by atoms with E-state index in [2.05, 4.69) is 20.8 Å². The van der Waals surface area contributed by atoms with Crippen LogP contribution in [0, 0.1) is 0 Å². The Balaban J connectivity index is 2.15. The van der Waals surface area contributed by atoms with Crippen molar-refractivity contribution in [3.63, 3.8) is 0 Å². The Labute approximate surface area is 116 Å². The Morgan fingerprint density at radius 3 is 2.89 bits per heavy atom. The molecule has 0 aliphatic heterocycles. The lowest BCUT2D eigenvalue weighted by Crippen LogP contribution is -2.25. The summed E-state index contributed by atoms with van der Waals surface area (Å²) in [4.78, 5) is 12.4. The van der Waals surface area contributed by atoms with Crippen LogP contribution in [-0.2, 0) is 4.79 Å². The number of ether oxygens (including phenoxy) is 1. The van der Waals surface area contributed by atoms with Crippen LogP contribution in [0.3, 0.4) is 0 Å². The third-order valence-corrected chi connectivity index (χ3v) is 2.96. The van der Waals surface area contributed by atoms with E-state index in [-0.39, 0.29) is 6.42 Å². The van der Waals surface area contributed by atoms with Crippen molar-refractivity contribution in [2.24, 2.45) is 0 Å². The summed E-state index contributed by atoms with van der Waals surface area (Å²) in [5.74, 6) is 0.0945. The van der Waals surface area contributed by atoms with Gasteiger partial charge in [-0.1, -0.05) is 22.0 Å². The summed E-state index contributed by atoms with van der Waals surface area (Å²) < 4.78 is 6.59. The Hall–Kier alpha value is -1.07. The fourth-order valence-electron chi connectivity index (χ4n) is 1.49. The highest BCUT2D eigenvalue weighted by Gasteiger charge is 2.02. The fraction of sp³-hybridized carbons (Fsp3) is 0.462. The molecule has 1 aromatic rings. The molecule has 5 heteroatoms. The normalized spacial score (nSPS) is 10.6. The summed E-state index contributed by atoms with van der Waals surface area (Å²) in [5, 5.41) is 8.53. The summed E-state index contributed by atoms with van der Waals surface area (Å²) in [6.45, 7) is 2.15. The maximum atomic E-state index is 10.4. The maximum Gasteiger partial charge on any atom is 0.303 e. The van der Waals surface area contributed by atoms with Gasteiger partial charge in [0.15, 0.2) is 0 Å². The molecule has 18 heavy (non-hydrogen) atoms. The SMILES string of the molecule is CN(CCCC(=O)O)CCOc1cccc(Br)c1. The molecule has 4 nitrogen and oxygen atoms in total. The predicted octanol–water partition coefficient (Wildman–Crippen LogP) is 2.62. The number of hydrogen-bond acceptors (Lipinski definition) is 3. The fourth-order valence-corrected chi connectivity index (χ4v) is 1.87. The summed E-state index contributed by atoms with van der Waals surface area (Å²) in [6.07, 6.45) is 0.888. The van der Waals surface area contributed by atoms with Gasteiger partial charge >= 0.3 is 5.97 Å². The van der Waals surface area contributed by atoms with Crippen LogP contribution in [-0.4, -0.2) is 42.7 Å². The van der Waals surface area contributed by atoms with Crippen LogP contribution in [0.25, 0.3) is 0 Å². The van der Waals surface area contributed by atoms with Crippen molar-refractivity contribution in [3.05, 3.63) is 28.7 Å². The van der Waals surface area contributed by atoms with Gasteiger partial charge in [-0.25, -0.2) is 0 Å². The Kier molecular flexibility index (Phi) is 6.75. The second kappa shape index (κ2) is 8.11. The lowest BCUT2D eigenvalue weighted by molar-refractivity contribution is -0.137. The minimum atomic E-state index is -0.742. The van der Waals surface area contributed by atoms with Gasteiger partial charge in [-0.05, 0) is 38.2 Å². The number of nitrogens with zero attached hydrogens (tertiary/aromatic N) is 1. The standard InChI is InChI=1S/C13H18BrNO3/c1-15(7-3-6-13(16)17)8-9-18-12-5-2-4-11(14)10-12/h2,4-5,10H,3,6-9H2,1H3,(H,16,17). The monoisotopic (exact) mass is 315 g/mol. The molecule has 0 aromatic heterocycles. The third kappa shape index (κ3) is 6.61.